The Labute approximate surface area is 60.1 Å². The predicted molar refractivity (Wildman–Crippen MR) is 38.0 cm³/mol. The van der Waals surface area contributed by atoms with Crippen LogP contribution in [0.3, 0.4) is 0 Å². The van der Waals surface area contributed by atoms with E-state index in [2.05, 4.69) is 9.97 Å². The minimum atomic E-state index is 0.567. The molecule has 0 amide bonds. The average molecular weight is 138 g/mol. The molecule has 1 rings (SSSR count). The number of rotatable bonds is 2. The molecule has 1 aromatic rings. The normalized spacial score (nSPS) is 9.40. The fourth-order valence-electron chi connectivity index (χ4n) is 0.631. The molecule has 0 aromatic carbocycles. The van der Waals surface area contributed by atoms with Crippen molar-refractivity contribution < 1.29 is 4.74 Å². The summed E-state index contributed by atoms with van der Waals surface area (Å²) >= 11 is 0. The summed E-state index contributed by atoms with van der Waals surface area (Å²) in [6.07, 6.45) is 4.26. The van der Waals surface area contributed by atoms with Gasteiger partial charge in [0, 0.05) is 0 Å². The lowest BCUT2D eigenvalue weighted by Crippen LogP contribution is -1.91. The third kappa shape index (κ3) is 1.43. The van der Waals surface area contributed by atoms with Gasteiger partial charge in [0.15, 0.2) is 0 Å². The van der Waals surface area contributed by atoms with E-state index in [1.54, 1.807) is 19.5 Å². The van der Waals surface area contributed by atoms with Crippen molar-refractivity contribution in [1.82, 2.24) is 9.97 Å². The number of methoxy groups -OCH3 is 1. The van der Waals surface area contributed by atoms with Crippen LogP contribution in [0.4, 0.5) is 0 Å². The molecule has 0 saturated heterocycles. The van der Waals surface area contributed by atoms with Gasteiger partial charge in [0.1, 0.15) is 0 Å². The molecular formula is C7H10N2O. The molecule has 0 bridgehead atoms. The molecule has 10 heavy (non-hydrogen) atoms. The molecule has 3 nitrogen and oxygen atoms in total. The predicted octanol–water partition coefficient (Wildman–Crippen LogP) is 1.05. The van der Waals surface area contributed by atoms with Gasteiger partial charge in [0.2, 0.25) is 5.88 Å². The zero-order chi connectivity index (χ0) is 7.40. The Morgan fingerprint density at radius 1 is 1.40 bits per heavy atom. The molecule has 0 spiro atoms. The van der Waals surface area contributed by atoms with Crippen LogP contribution in [0.1, 0.15) is 12.6 Å². The van der Waals surface area contributed by atoms with Gasteiger partial charge < -0.3 is 4.74 Å². The number of ether oxygens (including phenoxy) is 1. The first-order valence-electron chi connectivity index (χ1n) is 3.21. The lowest BCUT2D eigenvalue weighted by Gasteiger charge is -1.97. The van der Waals surface area contributed by atoms with Crippen LogP contribution in [0.25, 0.3) is 0 Å². The minimum Gasteiger partial charge on any atom is -0.480 e. The molecule has 0 atom stereocenters. The Hall–Kier alpha value is -1.12. The Morgan fingerprint density at radius 3 is 2.60 bits per heavy atom. The second-order valence-electron chi connectivity index (χ2n) is 1.90. The Balaban J connectivity index is 2.80. The van der Waals surface area contributed by atoms with Crippen LogP contribution >= 0.6 is 0 Å². The van der Waals surface area contributed by atoms with E-state index in [1.165, 1.54) is 0 Å². The van der Waals surface area contributed by atoms with Crippen LogP contribution in [0.5, 0.6) is 5.88 Å². The van der Waals surface area contributed by atoms with Crippen molar-refractivity contribution in [3.63, 3.8) is 0 Å². The molecule has 0 aliphatic carbocycles. The number of nitrogens with zero attached hydrogens (tertiary/aromatic N) is 2. The van der Waals surface area contributed by atoms with Crippen molar-refractivity contribution in [2.45, 2.75) is 13.3 Å². The van der Waals surface area contributed by atoms with Crippen LogP contribution in [0.15, 0.2) is 12.4 Å². The Bertz CT molecular complexity index is 172. The topological polar surface area (TPSA) is 35.0 Å². The van der Waals surface area contributed by atoms with Crippen LogP contribution < -0.4 is 4.74 Å². The van der Waals surface area contributed by atoms with Crippen molar-refractivity contribution in [3.8, 4) is 5.88 Å². The molecule has 0 saturated carbocycles. The fraction of sp³-hybridized carbons (Fsp3) is 0.429. The summed E-state index contributed by atoms with van der Waals surface area (Å²) in [5, 5.41) is 0. The fourth-order valence-corrected chi connectivity index (χ4v) is 0.631. The summed E-state index contributed by atoms with van der Waals surface area (Å²) in [6, 6.07) is 0. The number of aryl methyl sites for hydroxylation is 1. The molecule has 0 N–H and O–H groups in total. The van der Waals surface area contributed by atoms with Crippen LogP contribution in [0.2, 0.25) is 0 Å². The zero-order valence-corrected chi connectivity index (χ0v) is 6.16. The van der Waals surface area contributed by atoms with Gasteiger partial charge in [-0.15, -0.1) is 0 Å². The summed E-state index contributed by atoms with van der Waals surface area (Å²) in [5.41, 5.74) is 0.987. The highest BCUT2D eigenvalue weighted by Crippen LogP contribution is 2.01. The van der Waals surface area contributed by atoms with E-state index in [0.717, 1.165) is 12.1 Å². The van der Waals surface area contributed by atoms with Crippen molar-refractivity contribution >= 4 is 0 Å². The minimum absolute atomic E-state index is 0.567. The molecule has 54 valence electrons. The van der Waals surface area contributed by atoms with E-state index in [0.29, 0.717) is 5.88 Å². The third-order valence-electron chi connectivity index (χ3n) is 1.25. The van der Waals surface area contributed by atoms with Gasteiger partial charge in [0.25, 0.3) is 0 Å². The lowest BCUT2D eigenvalue weighted by molar-refractivity contribution is 0.395. The van der Waals surface area contributed by atoms with E-state index >= 15 is 0 Å². The third-order valence-corrected chi connectivity index (χ3v) is 1.25. The first kappa shape index (κ1) is 6.99. The Morgan fingerprint density at radius 2 is 2.20 bits per heavy atom. The maximum Gasteiger partial charge on any atom is 0.231 e. The van der Waals surface area contributed by atoms with Crippen molar-refractivity contribution in [3.05, 3.63) is 18.1 Å². The Kier molecular flexibility index (Phi) is 2.20. The van der Waals surface area contributed by atoms with E-state index in [1.807, 2.05) is 6.92 Å². The summed E-state index contributed by atoms with van der Waals surface area (Å²) < 4.78 is 4.84. The number of aromatic nitrogens is 2. The smallest absolute Gasteiger partial charge is 0.231 e. The monoisotopic (exact) mass is 138 g/mol. The summed E-state index contributed by atoms with van der Waals surface area (Å²) in [6.45, 7) is 2.04. The van der Waals surface area contributed by atoms with Gasteiger partial charge in [-0.05, 0) is 6.42 Å². The van der Waals surface area contributed by atoms with Crippen molar-refractivity contribution in [2.24, 2.45) is 0 Å². The SMILES string of the molecule is CCc1cnc(OC)cn1. The highest BCUT2D eigenvalue weighted by atomic mass is 16.5. The van der Waals surface area contributed by atoms with Gasteiger partial charge >= 0.3 is 0 Å². The van der Waals surface area contributed by atoms with E-state index in [4.69, 9.17) is 4.74 Å². The second-order valence-corrected chi connectivity index (χ2v) is 1.90. The van der Waals surface area contributed by atoms with Gasteiger partial charge in [-0.1, -0.05) is 6.92 Å². The maximum absolute atomic E-state index is 4.84. The molecule has 0 aliphatic rings. The first-order valence-corrected chi connectivity index (χ1v) is 3.21. The maximum atomic E-state index is 4.84. The van der Waals surface area contributed by atoms with Gasteiger partial charge in [0.05, 0.1) is 25.2 Å². The van der Waals surface area contributed by atoms with E-state index in [9.17, 15) is 0 Å². The summed E-state index contributed by atoms with van der Waals surface area (Å²) in [5.74, 6) is 0.567. The van der Waals surface area contributed by atoms with Crippen LogP contribution in [0, 0.1) is 0 Å². The number of hydrogen-bond donors (Lipinski definition) is 0. The molecule has 0 unspecified atom stereocenters. The van der Waals surface area contributed by atoms with E-state index in [-0.39, 0.29) is 0 Å². The van der Waals surface area contributed by atoms with Crippen LogP contribution in [-0.2, 0) is 6.42 Å². The molecule has 0 radical (unpaired) electrons. The zero-order valence-electron chi connectivity index (χ0n) is 6.16. The second kappa shape index (κ2) is 3.15. The standard InChI is InChI=1S/C7H10N2O/c1-3-6-4-9-7(10-2)5-8-6/h4-5H,3H2,1-2H3. The van der Waals surface area contributed by atoms with Gasteiger partial charge in [-0.25, -0.2) is 4.98 Å². The quantitative estimate of drug-likeness (QED) is 0.612. The highest BCUT2D eigenvalue weighted by Gasteiger charge is 1.92. The molecular weight excluding hydrogens is 128 g/mol. The highest BCUT2D eigenvalue weighted by molar-refractivity contribution is 5.06. The number of hydrogen-bond acceptors (Lipinski definition) is 3. The summed E-state index contributed by atoms with van der Waals surface area (Å²) in [4.78, 5) is 8.06. The van der Waals surface area contributed by atoms with E-state index < -0.39 is 0 Å². The molecule has 3 heteroatoms. The van der Waals surface area contributed by atoms with Crippen molar-refractivity contribution in [1.29, 1.82) is 0 Å². The average Bonchev–Trinajstić information content (AvgIpc) is 2.05. The molecule has 0 aliphatic heterocycles. The largest absolute Gasteiger partial charge is 0.480 e. The molecule has 1 aromatic heterocycles. The van der Waals surface area contributed by atoms with Crippen LogP contribution in [-0.4, -0.2) is 17.1 Å². The molecule has 1 heterocycles. The van der Waals surface area contributed by atoms with Gasteiger partial charge in [-0.2, -0.15) is 0 Å². The summed E-state index contributed by atoms with van der Waals surface area (Å²) in [7, 11) is 1.58. The van der Waals surface area contributed by atoms with Crippen molar-refractivity contribution in [2.75, 3.05) is 7.11 Å². The lowest BCUT2D eigenvalue weighted by atomic mass is 10.4. The van der Waals surface area contributed by atoms with Gasteiger partial charge in [-0.3, -0.25) is 4.98 Å². The first-order chi connectivity index (χ1) is 4.86. The molecule has 0 fully saturated rings.